The topological polar surface area (TPSA) is 85.9 Å². The van der Waals surface area contributed by atoms with Gasteiger partial charge in [-0.05, 0) is 25.0 Å². The third kappa shape index (κ3) is 1.87. The van der Waals surface area contributed by atoms with E-state index in [9.17, 15) is 9.59 Å². The number of hydrogen-bond donors (Lipinski definition) is 3. The van der Waals surface area contributed by atoms with E-state index in [1.165, 1.54) is 0 Å². The summed E-state index contributed by atoms with van der Waals surface area (Å²) < 4.78 is 0. The molecule has 0 aliphatic heterocycles. The Morgan fingerprint density at radius 3 is 2.53 bits per heavy atom. The van der Waals surface area contributed by atoms with Gasteiger partial charge in [0.25, 0.3) is 5.56 Å². The zero-order valence-corrected chi connectivity index (χ0v) is 9.50. The predicted molar refractivity (Wildman–Crippen MR) is 63.3 cm³/mol. The van der Waals surface area contributed by atoms with Gasteiger partial charge in [0.05, 0.1) is 5.56 Å². The fourth-order valence-corrected chi connectivity index (χ4v) is 1.87. The molecule has 1 aromatic heterocycles. The van der Waals surface area contributed by atoms with E-state index in [2.05, 4.69) is 10.2 Å². The lowest BCUT2D eigenvalue weighted by Crippen LogP contribution is -2.06. The van der Waals surface area contributed by atoms with Gasteiger partial charge < -0.3 is 5.11 Å². The van der Waals surface area contributed by atoms with E-state index < -0.39 is 11.5 Å². The van der Waals surface area contributed by atoms with Crippen LogP contribution in [0.3, 0.4) is 0 Å². The molecule has 0 saturated carbocycles. The number of carboxylic acid groups (broad SMARTS) is 1. The number of aromatic nitrogens is 2. The zero-order chi connectivity index (χ0) is 12.6. The summed E-state index contributed by atoms with van der Waals surface area (Å²) >= 11 is 0. The highest BCUT2D eigenvalue weighted by molar-refractivity contribution is 5.94. The zero-order valence-electron chi connectivity index (χ0n) is 9.50. The summed E-state index contributed by atoms with van der Waals surface area (Å²) in [5.41, 5.74) is 2.22. The molecule has 0 amide bonds. The second-order valence-corrected chi connectivity index (χ2v) is 3.95. The first kappa shape index (κ1) is 11.2. The van der Waals surface area contributed by atoms with Crippen molar-refractivity contribution in [2.24, 2.45) is 0 Å². The van der Waals surface area contributed by atoms with Crippen LogP contribution in [0.1, 0.15) is 21.6 Å². The van der Waals surface area contributed by atoms with Crippen molar-refractivity contribution in [2.45, 2.75) is 13.8 Å². The number of nitrogens with one attached hydrogen (secondary N) is 2. The van der Waals surface area contributed by atoms with Gasteiger partial charge in [-0.1, -0.05) is 23.8 Å². The molecule has 2 aromatic rings. The molecule has 5 nitrogen and oxygen atoms in total. The largest absolute Gasteiger partial charge is 0.477 e. The van der Waals surface area contributed by atoms with Crippen molar-refractivity contribution < 1.29 is 9.90 Å². The number of rotatable bonds is 2. The Hall–Kier alpha value is -2.30. The minimum absolute atomic E-state index is 0.109. The maximum absolute atomic E-state index is 11.6. The van der Waals surface area contributed by atoms with Gasteiger partial charge in [0.2, 0.25) is 0 Å². The van der Waals surface area contributed by atoms with Gasteiger partial charge in [-0.25, -0.2) is 4.79 Å². The number of carboxylic acids is 1. The first-order valence-electron chi connectivity index (χ1n) is 5.12. The van der Waals surface area contributed by atoms with E-state index >= 15 is 0 Å². The van der Waals surface area contributed by atoms with Crippen LogP contribution in [0.15, 0.2) is 23.0 Å². The summed E-state index contributed by atoms with van der Waals surface area (Å²) in [7, 11) is 0. The Bertz CT molecular complexity index is 637. The molecule has 17 heavy (non-hydrogen) atoms. The molecule has 0 aliphatic rings. The standard InChI is InChI=1S/C12H12N2O3/c1-6-3-4-8(7(2)5-6)9-10(12(16)17)13-14-11(9)15/h3-5H,1-2H3,(H,16,17)(H2,13,14,15). The average molecular weight is 232 g/mol. The summed E-state index contributed by atoms with van der Waals surface area (Å²) in [4.78, 5) is 22.6. The Labute approximate surface area is 97.1 Å². The number of aryl methyl sites for hydroxylation is 2. The molecule has 88 valence electrons. The summed E-state index contributed by atoms with van der Waals surface area (Å²) in [6.07, 6.45) is 0. The lowest BCUT2D eigenvalue weighted by atomic mass is 9.99. The second-order valence-electron chi connectivity index (χ2n) is 3.95. The molecule has 0 saturated heterocycles. The van der Waals surface area contributed by atoms with E-state index in [1.807, 2.05) is 26.0 Å². The summed E-state index contributed by atoms with van der Waals surface area (Å²) in [6, 6.07) is 5.52. The van der Waals surface area contributed by atoms with Crippen LogP contribution in [0.5, 0.6) is 0 Å². The predicted octanol–water partition coefficient (Wildman–Crippen LogP) is 1.69. The molecule has 0 atom stereocenters. The Morgan fingerprint density at radius 2 is 1.94 bits per heavy atom. The minimum Gasteiger partial charge on any atom is -0.477 e. The Kier molecular flexibility index (Phi) is 2.59. The third-order valence-corrected chi connectivity index (χ3v) is 2.64. The minimum atomic E-state index is -1.15. The van der Waals surface area contributed by atoms with Crippen LogP contribution in [-0.2, 0) is 0 Å². The van der Waals surface area contributed by atoms with Gasteiger partial charge in [0.15, 0.2) is 5.69 Å². The van der Waals surface area contributed by atoms with Crippen LogP contribution < -0.4 is 5.56 Å². The number of hydrogen-bond acceptors (Lipinski definition) is 2. The van der Waals surface area contributed by atoms with Crippen molar-refractivity contribution in [3.05, 3.63) is 45.4 Å². The molecule has 0 spiro atoms. The molecule has 2 rings (SSSR count). The van der Waals surface area contributed by atoms with Crippen LogP contribution in [0.2, 0.25) is 0 Å². The normalized spacial score (nSPS) is 10.5. The van der Waals surface area contributed by atoms with Crippen molar-refractivity contribution in [1.29, 1.82) is 0 Å². The Morgan fingerprint density at radius 1 is 1.24 bits per heavy atom. The van der Waals surface area contributed by atoms with Crippen molar-refractivity contribution in [2.75, 3.05) is 0 Å². The lowest BCUT2D eigenvalue weighted by Gasteiger charge is -2.04. The molecule has 3 N–H and O–H groups in total. The number of aromatic amines is 2. The number of H-pyrrole nitrogens is 2. The van der Waals surface area contributed by atoms with Crippen molar-refractivity contribution in [3.63, 3.8) is 0 Å². The first-order valence-corrected chi connectivity index (χ1v) is 5.12. The SMILES string of the molecule is Cc1ccc(-c2c(C(=O)O)[nH][nH]c2=O)c(C)c1. The van der Waals surface area contributed by atoms with Gasteiger partial charge in [-0.3, -0.25) is 15.0 Å². The Balaban J connectivity index is 2.72. The van der Waals surface area contributed by atoms with Gasteiger partial charge in [-0.2, -0.15) is 0 Å². The summed E-state index contributed by atoms with van der Waals surface area (Å²) in [5.74, 6) is -1.15. The highest BCUT2D eigenvalue weighted by Gasteiger charge is 2.18. The molecule has 0 bridgehead atoms. The molecular formula is C12H12N2O3. The highest BCUT2D eigenvalue weighted by atomic mass is 16.4. The molecule has 0 aliphatic carbocycles. The third-order valence-electron chi connectivity index (χ3n) is 2.64. The maximum Gasteiger partial charge on any atom is 0.354 e. The van der Waals surface area contributed by atoms with Crippen LogP contribution in [0.25, 0.3) is 11.1 Å². The van der Waals surface area contributed by atoms with Crippen molar-refractivity contribution in [3.8, 4) is 11.1 Å². The van der Waals surface area contributed by atoms with Gasteiger partial charge in [0.1, 0.15) is 0 Å². The van der Waals surface area contributed by atoms with E-state index in [1.54, 1.807) is 6.07 Å². The van der Waals surface area contributed by atoms with Crippen molar-refractivity contribution in [1.82, 2.24) is 10.2 Å². The van der Waals surface area contributed by atoms with Gasteiger partial charge in [-0.15, -0.1) is 0 Å². The fourth-order valence-electron chi connectivity index (χ4n) is 1.87. The van der Waals surface area contributed by atoms with E-state index in [4.69, 9.17) is 5.11 Å². The second kappa shape index (κ2) is 3.93. The summed E-state index contributed by atoms with van der Waals surface area (Å²) in [6.45, 7) is 3.79. The molecule has 1 aromatic carbocycles. The maximum atomic E-state index is 11.6. The molecule has 1 heterocycles. The molecule has 5 heteroatoms. The van der Waals surface area contributed by atoms with Crippen LogP contribution in [0.4, 0.5) is 0 Å². The number of benzene rings is 1. The smallest absolute Gasteiger partial charge is 0.354 e. The van der Waals surface area contributed by atoms with Crippen molar-refractivity contribution >= 4 is 5.97 Å². The van der Waals surface area contributed by atoms with Crippen LogP contribution >= 0.6 is 0 Å². The van der Waals surface area contributed by atoms with Crippen LogP contribution in [-0.4, -0.2) is 21.3 Å². The molecule has 0 unspecified atom stereocenters. The highest BCUT2D eigenvalue weighted by Crippen LogP contribution is 2.23. The van der Waals surface area contributed by atoms with E-state index in [-0.39, 0.29) is 11.3 Å². The molecule has 0 radical (unpaired) electrons. The quantitative estimate of drug-likeness (QED) is 0.736. The van der Waals surface area contributed by atoms with Gasteiger partial charge in [0, 0.05) is 0 Å². The fraction of sp³-hybridized carbons (Fsp3) is 0.167. The molecular weight excluding hydrogens is 220 g/mol. The molecule has 0 fully saturated rings. The number of carbonyl (C=O) groups is 1. The lowest BCUT2D eigenvalue weighted by molar-refractivity contribution is 0.0691. The summed E-state index contributed by atoms with van der Waals surface area (Å²) in [5, 5.41) is 13.7. The van der Waals surface area contributed by atoms with E-state index in [0.29, 0.717) is 5.56 Å². The van der Waals surface area contributed by atoms with Crippen LogP contribution in [0, 0.1) is 13.8 Å². The first-order chi connectivity index (χ1) is 8.00. The van der Waals surface area contributed by atoms with Gasteiger partial charge >= 0.3 is 5.97 Å². The number of aromatic carboxylic acids is 1. The van der Waals surface area contributed by atoms with E-state index in [0.717, 1.165) is 11.1 Å². The monoisotopic (exact) mass is 232 g/mol. The average Bonchev–Trinajstić information content (AvgIpc) is 2.60.